The van der Waals surface area contributed by atoms with Crippen molar-refractivity contribution in [1.82, 2.24) is 0 Å². The molecule has 1 nitrogen and oxygen atoms in total. The second-order valence-electron chi connectivity index (χ2n) is 5.06. The maximum absolute atomic E-state index is 10.5. The normalized spacial score (nSPS) is 24.6. The molecule has 1 aliphatic heterocycles. The second kappa shape index (κ2) is 4.42. The minimum Gasteiger partial charge on any atom is -0.387 e. The first kappa shape index (κ1) is 12.0. The van der Waals surface area contributed by atoms with E-state index in [1.54, 1.807) is 0 Å². The maximum Gasteiger partial charge on any atom is 0.0916 e. The molecule has 0 amide bonds. The summed E-state index contributed by atoms with van der Waals surface area (Å²) < 4.78 is 0. The van der Waals surface area contributed by atoms with E-state index in [1.165, 1.54) is 22.3 Å². The van der Waals surface area contributed by atoms with Crippen LogP contribution in [0, 0.1) is 19.8 Å². The largest absolute Gasteiger partial charge is 0.387 e. The van der Waals surface area contributed by atoms with E-state index < -0.39 is 0 Å². The fraction of sp³-hybridized carbons (Fsp3) is 0.571. The van der Waals surface area contributed by atoms with Crippen LogP contribution in [0.3, 0.4) is 0 Å². The molecule has 0 spiro atoms. The Kier molecular flexibility index (Phi) is 3.32. The van der Waals surface area contributed by atoms with E-state index in [0.717, 1.165) is 5.75 Å². The van der Waals surface area contributed by atoms with Gasteiger partial charge in [-0.25, -0.2) is 0 Å². The molecule has 1 aromatic carbocycles. The number of benzene rings is 1. The van der Waals surface area contributed by atoms with Crippen molar-refractivity contribution in [1.29, 1.82) is 0 Å². The maximum atomic E-state index is 10.5. The van der Waals surface area contributed by atoms with E-state index in [2.05, 4.69) is 39.8 Å². The molecule has 2 atom stereocenters. The number of thioether (sulfide) groups is 1. The van der Waals surface area contributed by atoms with Gasteiger partial charge in [-0.05, 0) is 42.0 Å². The highest BCUT2D eigenvalue weighted by atomic mass is 32.2. The van der Waals surface area contributed by atoms with Gasteiger partial charge in [0.1, 0.15) is 0 Å². The predicted molar refractivity (Wildman–Crippen MR) is 70.8 cm³/mol. The molecule has 0 aliphatic carbocycles. The lowest BCUT2D eigenvalue weighted by Gasteiger charge is -2.34. The van der Waals surface area contributed by atoms with Crippen LogP contribution >= 0.6 is 11.8 Å². The number of aryl methyl sites for hydroxylation is 2. The highest BCUT2D eigenvalue weighted by Gasteiger charge is 2.32. The SMILES string of the molecule is Cc1ccc(C)c2c1CSC(C(C)C)C2O. The first-order chi connectivity index (χ1) is 7.52. The molecule has 1 N–H and O–H groups in total. The molecule has 16 heavy (non-hydrogen) atoms. The van der Waals surface area contributed by atoms with Gasteiger partial charge in [0.2, 0.25) is 0 Å². The molecule has 2 rings (SSSR count). The van der Waals surface area contributed by atoms with Crippen molar-refractivity contribution in [3.8, 4) is 0 Å². The predicted octanol–water partition coefficient (Wildman–Crippen LogP) is 3.61. The molecule has 0 saturated carbocycles. The standard InChI is InChI=1S/C14H20OS/c1-8(2)14-13(15)12-10(4)6-5-9(3)11(12)7-16-14/h5-6,8,13-15H,7H2,1-4H3. The summed E-state index contributed by atoms with van der Waals surface area (Å²) in [5.74, 6) is 1.57. The highest BCUT2D eigenvalue weighted by molar-refractivity contribution is 7.99. The Bertz CT molecular complexity index is 398. The Morgan fingerprint density at radius 2 is 1.88 bits per heavy atom. The zero-order valence-electron chi connectivity index (χ0n) is 10.4. The van der Waals surface area contributed by atoms with Crippen LogP contribution in [0.15, 0.2) is 12.1 Å². The monoisotopic (exact) mass is 236 g/mol. The zero-order chi connectivity index (χ0) is 11.9. The van der Waals surface area contributed by atoms with Gasteiger partial charge in [0.05, 0.1) is 6.10 Å². The number of hydrogen-bond donors (Lipinski definition) is 1. The van der Waals surface area contributed by atoms with Crippen molar-refractivity contribution >= 4 is 11.8 Å². The van der Waals surface area contributed by atoms with Crippen molar-refractivity contribution in [3.63, 3.8) is 0 Å². The lowest BCUT2D eigenvalue weighted by atomic mass is 9.89. The Morgan fingerprint density at radius 1 is 1.25 bits per heavy atom. The van der Waals surface area contributed by atoms with Gasteiger partial charge >= 0.3 is 0 Å². The van der Waals surface area contributed by atoms with Crippen LogP contribution in [0.5, 0.6) is 0 Å². The second-order valence-corrected chi connectivity index (χ2v) is 6.22. The number of aliphatic hydroxyl groups excluding tert-OH is 1. The summed E-state index contributed by atoms with van der Waals surface area (Å²) in [6.07, 6.45) is -0.298. The minimum atomic E-state index is -0.298. The van der Waals surface area contributed by atoms with Crippen molar-refractivity contribution in [2.45, 2.75) is 44.8 Å². The van der Waals surface area contributed by atoms with Crippen LogP contribution < -0.4 is 0 Å². The Labute approximate surface area is 102 Å². The Balaban J connectivity index is 2.48. The molecular formula is C14H20OS. The van der Waals surface area contributed by atoms with Gasteiger partial charge in [-0.1, -0.05) is 26.0 Å². The summed E-state index contributed by atoms with van der Waals surface area (Å²) >= 11 is 1.89. The third-order valence-electron chi connectivity index (χ3n) is 3.49. The summed E-state index contributed by atoms with van der Waals surface area (Å²) in [7, 11) is 0. The smallest absolute Gasteiger partial charge is 0.0916 e. The van der Waals surface area contributed by atoms with Crippen molar-refractivity contribution in [2.75, 3.05) is 0 Å². The average molecular weight is 236 g/mol. The Hall–Kier alpha value is -0.470. The van der Waals surface area contributed by atoms with Gasteiger partial charge in [-0.15, -0.1) is 0 Å². The van der Waals surface area contributed by atoms with E-state index in [-0.39, 0.29) is 6.10 Å². The average Bonchev–Trinajstić information content (AvgIpc) is 2.23. The number of hydrogen-bond acceptors (Lipinski definition) is 2. The van der Waals surface area contributed by atoms with Gasteiger partial charge in [-0.3, -0.25) is 0 Å². The lowest BCUT2D eigenvalue weighted by Crippen LogP contribution is -2.27. The molecule has 2 heteroatoms. The van der Waals surface area contributed by atoms with Gasteiger partial charge in [0, 0.05) is 11.0 Å². The zero-order valence-corrected chi connectivity index (χ0v) is 11.3. The molecule has 0 saturated heterocycles. The van der Waals surface area contributed by atoms with E-state index in [1.807, 2.05) is 11.8 Å². The van der Waals surface area contributed by atoms with E-state index in [0.29, 0.717) is 11.2 Å². The van der Waals surface area contributed by atoms with E-state index >= 15 is 0 Å². The summed E-state index contributed by atoms with van der Waals surface area (Å²) in [6.45, 7) is 8.63. The number of rotatable bonds is 1. The fourth-order valence-electron chi connectivity index (χ4n) is 2.49. The molecule has 88 valence electrons. The third-order valence-corrected chi connectivity index (χ3v) is 5.14. The molecule has 0 fully saturated rings. The summed E-state index contributed by atoms with van der Waals surface area (Å²) in [5, 5.41) is 10.8. The molecule has 0 bridgehead atoms. The van der Waals surface area contributed by atoms with Crippen LogP contribution in [0.25, 0.3) is 0 Å². The van der Waals surface area contributed by atoms with Gasteiger partial charge in [0.25, 0.3) is 0 Å². The molecule has 1 aromatic rings. The molecule has 1 heterocycles. The quantitative estimate of drug-likeness (QED) is 0.804. The van der Waals surface area contributed by atoms with Crippen LogP contribution in [0.2, 0.25) is 0 Å². The highest BCUT2D eigenvalue weighted by Crippen LogP contribution is 2.43. The van der Waals surface area contributed by atoms with Crippen LogP contribution in [0.4, 0.5) is 0 Å². The van der Waals surface area contributed by atoms with Crippen molar-refractivity contribution in [3.05, 3.63) is 34.4 Å². The summed E-state index contributed by atoms with van der Waals surface area (Å²) in [4.78, 5) is 0. The van der Waals surface area contributed by atoms with Crippen molar-refractivity contribution < 1.29 is 5.11 Å². The molecule has 2 unspecified atom stereocenters. The Morgan fingerprint density at radius 3 is 2.50 bits per heavy atom. The van der Waals surface area contributed by atoms with Gasteiger partial charge < -0.3 is 5.11 Å². The van der Waals surface area contributed by atoms with Gasteiger partial charge in [-0.2, -0.15) is 11.8 Å². The van der Waals surface area contributed by atoms with Crippen LogP contribution in [-0.4, -0.2) is 10.4 Å². The van der Waals surface area contributed by atoms with Gasteiger partial charge in [0.15, 0.2) is 0 Å². The molecule has 0 radical (unpaired) electrons. The van der Waals surface area contributed by atoms with E-state index in [4.69, 9.17) is 0 Å². The fourth-order valence-corrected chi connectivity index (χ4v) is 3.93. The lowest BCUT2D eigenvalue weighted by molar-refractivity contribution is 0.155. The molecule has 1 aliphatic rings. The number of aliphatic hydroxyl groups is 1. The molecular weight excluding hydrogens is 216 g/mol. The summed E-state index contributed by atoms with van der Waals surface area (Å²) in [6, 6.07) is 4.29. The number of fused-ring (bicyclic) bond motifs is 1. The first-order valence-corrected chi connectivity index (χ1v) is 6.96. The summed E-state index contributed by atoms with van der Waals surface area (Å²) in [5.41, 5.74) is 5.10. The third kappa shape index (κ3) is 1.89. The first-order valence-electron chi connectivity index (χ1n) is 5.91. The van der Waals surface area contributed by atoms with E-state index in [9.17, 15) is 5.11 Å². The van der Waals surface area contributed by atoms with Crippen LogP contribution in [0.1, 0.15) is 42.2 Å². The van der Waals surface area contributed by atoms with Crippen LogP contribution in [-0.2, 0) is 5.75 Å². The van der Waals surface area contributed by atoms with Crippen molar-refractivity contribution in [2.24, 2.45) is 5.92 Å². The topological polar surface area (TPSA) is 20.2 Å². The molecule has 0 aromatic heterocycles. The minimum absolute atomic E-state index is 0.298.